The number of ether oxygens (including phenoxy) is 1. The van der Waals surface area contributed by atoms with Gasteiger partial charge in [-0.15, -0.1) is 0 Å². The fourth-order valence-corrected chi connectivity index (χ4v) is 2.89. The third-order valence-corrected chi connectivity index (χ3v) is 4.08. The molecule has 1 saturated heterocycles. The second-order valence-electron chi connectivity index (χ2n) is 5.81. The maximum absolute atomic E-state index is 12.7. The molecule has 1 aliphatic rings. The van der Waals surface area contributed by atoms with Crippen molar-refractivity contribution in [2.24, 2.45) is 11.7 Å². The largest absolute Gasteiger partial charge is 0.491 e. The van der Waals surface area contributed by atoms with Gasteiger partial charge >= 0.3 is 0 Å². The molecule has 1 aromatic carbocycles. The van der Waals surface area contributed by atoms with Gasteiger partial charge in [0.05, 0.1) is 5.56 Å². The number of hydrogen-bond acceptors (Lipinski definition) is 4. The summed E-state index contributed by atoms with van der Waals surface area (Å²) < 4.78 is 5.52. The Morgan fingerprint density at radius 1 is 1.52 bits per heavy atom. The molecule has 126 valence electrons. The van der Waals surface area contributed by atoms with Crippen LogP contribution in [0, 0.1) is 5.92 Å². The van der Waals surface area contributed by atoms with E-state index in [2.05, 4.69) is 0 Å². The quantitative estimate of drug-likeness (QED) is 0.845. The molecule has 2 amide bonds. The average molecular weight is 340 g/mol. The van der Waals surface area contributed by atoms with Crippen LogP contribution in [0.3, 0.4) is 0 Å². The van der Waals surface area contributed by atoms with Gasteiger partial charge in [0.1, 0.15) is 12.4 Å². The number of benzene rings is 1. The van der Waals surface area contributed by atoms with Crippen LogP contribution in [0.2, 0.25) is 5.02 Å². The second-order valence-corrected chi connectivity index (χ2v) is 6.24. The normalized spacial score (nSPS) is 17.5. The molecular formula is C16H22ClN3O3. The third kappa shape index (κ3) is 4.36. The number of amides is 2. The Bertz CT molecular complexity index is 594. The minimum atomic E-state index is -0.179. The molecule has 0 spiro atoms. The molecule has 1 heterocycles. The molecule has 2 N–H and O–H groups in total. The lowest BCUT2D eigenvalue weighted by molar-refractivity contribution is -0.126. The second kappa shape index (κ2) is 7.66. The molecule has 0 unspecified atom stereocenters. The van der Waals surface area contributed by atoms with Crippen molar-refractivity contribution in [3.05, 3.63) is 28.8 Å². The van der Waals surface area contributed by atoms with E-state index < -0.39 is 0 Å². The monoisotopic (exact) mass is 339 g/mol. The Morgan fingerprint density at radius 2 is 2.26 bits per heavy atom. The topological polar surface area (TPSA) is 75.9 Å². The molecule has 0 aliphatic carbocycles. The van der Waals surface area contributed by atoms with Gasteiger partial charge in [-0.2, -0.15) is 0 Å². The SMILES string of the molecule is CN1C[C@@H](CN(C)C(=O)c2cc(Cl)ccc2OCCN)CC1=O. The van der Waals surface area contributed by atoms with Crippen molar-refractivity contribution < 1.29 is 14.3 Å². The van der Waals surface area contributed by atoms with Crippen molar-refractivity contribution in [1.82, 2.24) is 9.80 Å². The summed E-state index contributed by atoms with van der Waals surface area (Å²) in [6.45, 7) is 1.87. The average Bonchev–Trinajstić information content (AvgIpc) is 2.83. The number of carbonyl (C=O) groups is 2. The molecule has 0 aromatic heterocycles. The summed E-state index contributed by atoms with van der Waals surface area (Å²) in [6.07, 6.45) is 0.472. The van der Waals surface area contributed by atoms with Crippen molar-refractivity contribution in [3.63, 3.8) is 0 Å². The fourth-order valence-electron chi connectivity index (χ4n) is 2.72. The highest BCUT2D eigenvalue weighted by atomic mass is 35.5. The summed E-state index contributed by atoms with van der Waals surface area (Å²) in [5.74, 6) is 0.553. The van der Waals surface area contributed by atoms with Crippen LogP contribution in [0.25, 0.3) is 0 Å². The molecule has 1 aliphatic heterocycles. The first kappa shape index (κ1) is 17.6. The summed E-state index contributed by atoms with van der Waals surface area (Å²) in [5.41, 5.74) is 5.85. The lowest BCUT2D eigenvalue weighted by Crippen LogP contribution is -2.33. The number of halogens is 1. The molecule has 1 atom stereocenters. The lowest BCUT2D eigenvalue weighted by Gasteiger charge is -2.22. The number of hydrogen-bond donors (Lipinski definition) is 1. The van der Waals surface area contributed by atoms with Gasteiger partial charge < -0.3 is 20.3 Å². The van der Waals surface area contributed by atoms with E-state index in [0.29, 0.717) is 49.0 Å². The summed E-state index contributed by atoms with van der Waals surface area (Å²) >= 11 is 6.01. The highest BCUT2D eigenvalue weighted by Gasteiger charge is 2.29. The Labute approximate surface area is 141 Å². The van der Waals surface area contributed by atoms with E-state index in [1.807, 2.05) is 0 Å². The minimum Gasteiger partial charge on any atom is -0.491 e. The van der Waals surface area contributed by atoms with E-state index in [9.17, 15) is 9.59 Å². The van der Waals surface area contributed by atoms with E-state index in [0.717, 1.165) is 0 Å². The molecule has 0 radical (unpaired) electrons. The predicted octanol–water partition coefficient (Wildman–Crippen LogP) is 1.23. The van der Waals surface area contributed by atoms with Gasteiger partial charge in [0.15, 0.2) is 0 Å². The number of carbonyl (C=O) groups excluding carboxylic acids is 2. The Morgan fingerprint density at radius 3 is 2.87 bits per heavy atom. The first-order valence-corrected chi connectivity index (χ1v) is 7.92. The van der Waals surface area contributed by atoms with Crippen LogP contribution >= 0.6 is 11.6 Å². The van der Waals surface area contributed by atoms with Gasteiger partial charge in [0.25, 0.3) is 5.91 Å². The lowest BCUT2D eigenvalue weighted by atomic mass is 10.1. The van der Waals surface area contributed by atoms with Crippen molar-refractivity contribution in [2.75, 3.05) is 40.3 Å². The molecule has 2 rings (SSSR count). The Balaban J connectivity index is 2.09. The number of nitrogens with zero attached hydrogens (tertiary/aromatic N) is 2. The Hall–Kier alpha value is -1.79. The maximum atomic E-state index is 12.7. The van der Waals surface area contributed by atoms with Gasteiger partial charge in [-0.1, -0.05) is 11.6 Å². The maximum Gasteiger partial charge on any atom is 0.257 e. The van der Waals surface area contributed by atoms with Gasteiger partial charge in [-0.3, -0.25) is 9.59 Å². The van der Waals surface area contributed by atoms with Crippen molar-refractivity contribution >= 4 is 23.4 Å². The molecule has 0 bridgehead atoms. The number of rotatable bonds is 6. The van der Waals surface area contributed by atoms with E-state index in [1.165, 1.54) is 0 Å². The third-order valence-electron chi connectivity index (χ3n) is 3.85. The van der Waals surface area contributed by atoms with E-state index in [1.54, 1.807) is 42.1 Å². The molecule has 1 fully saturated rings. The molecule has 23 heavy (non-hydrogen) atoms. The van der Waals surface area contributed by atoms with Crippen molar-refractivity contribution in [1.29, 1.82) is 0 Å². The van der Waals surface area contributed by atoms with Crippen LogP contribution in [-0.2, 0) is 4.79 Å². The molecule has 1 aromatic rings. The summed E-state index contributed by atoms with van der Waals surface area (Å²) in [4.78, 5) is 27.6. The van der Waals surface area contributed by atoms with Crippen molar-refractivity contribution in [3.8, 4) is 5.75 Å². The van der Waals surface area contributed by atoms with E-state index >= 15 is 0 Å². The fraction of sp³-hybridized carbons (Fsp3) is 0.500. The highest BCUT2D eigenvalue weighted by Crippen LogP contribution is 2.25. The van der Waals surface area contributed by atoms with Crippen LogP contribution in [0.5, 0.6) is 5.75 Å². The van der Waals surface area contributed by atoms with Crippen LogP contribution in [0.15, 0.2) is 18.2 Å². The predicted molar refractivity (Wildman–Crippen MR) is 88.7 cm³/mol. The van der Waals surface area contributed by atoms with Crippen LogP contribution < -0.4 is 10.5 Å². The zero-order valence-electron chi connectivity index (χ0n) is 13.4. The van der Waals surface area contributed by atoms with Crippen LogP contribution in [-0.4, -0.2) is 62.0 Å². The van der Waals surface area contributed by atoms with Gasteiger partial charge in [0.2, 0.25) is 5.91 Å². The van der Waals surface area contributed by atoms with Gasteiger partial charge in [-0.05, 0) is 18.2 Å². The van der Waals surface area contributed by atoms with E-state index in [-0.39, 0.29) is 17.7 Å². The first-order valence-electron chi connectivity index (χ1n) is 7.54. The highest BCUT2D eigenvalue weighted by molar-refractivity contribution is 6.31. The minimum absolute atomic E-state index is 0.116. The summed E-state index contributed by atoms with van der Waals surface area (Å²) in [5, 5.41) is 0.470. The van der Waals surface area contributed by atoms with E-state index in [4.69, 9.17) is 22.1 Å². The summed E-state index contributed by atoms with van der Waals surface area (Å²) in [6, 6.07) is 4.94. The van der Waals surface area contributed by atoms with Crippen molar-refractivity contribution in [2.45, 2.75) is 6.42 Å². The number of likely N-dealkylation sites (tertiary alicyclic amines) is 1. The van der Waals surface area contributed by atoms with Crippen LogP contribution in [0.4, 0.5) is 0 Å². The van der Waals surface area contributed by atoms with Gasteiger partial charge in [-0.25, -0.2) is 0 Å². The Kier molecular flexibility index (Phi) is 5.85. The van der Waals surface area contributed by atoms with Gasteiger partial charge in [0, 0.05) is 51.1 Å². The summed E-state index contributed by atoms with van der Waals surface area (Å²) in [7, 11) is 3.50. The molecule has 7 heteroatoms. The number of nitrogens with two attached hydrogens (primary N) is 1. The molecular weight excluding hydrogens is 318 g/mol. The molecule has 0 saturated carbocycles. The van der Waals surface area contributed by atoms with Crippen LogP contribution in [0.1, 0.15) is 16.8 Å². The molecule has 6 nitrogen and oxygen atoms in total. The zero-order valence-corrected chi connectivity index (χ0v) is 14.2. The zero-order chi connectivity index (χ0) is 17.0. The standard InChI is InChI=1S/C16H22ClN3O3/c1-19-9-11(7-15(19)21)10-20(2)16(22)13-8-12(17)3-4-14(13)23-6-5-18/h3-4,8,11H,5-7,9-10,18H2,1-2H3/t11-/m0/s1. The smallest absolute Gasteiger partial charge is 0.257 e. The first-order chi connectivity index (χ1) is 10.9.